The molecule has 1 heterocycles. The van der Waals surface area contributed by atoms with E-state index in [1.54, 1.807) is 31.2 Å². The summed E-state index contributed by atoms with van der Waals surface area (Å²) in [6.07, 6.45) is 3.18. The first-order valence-electron chi connectivity index (χ1n) is 9.56. The lowest BCUT2D eigenvalue weighted by Crippen LogP contribution is -2.31. The molecule has 3 rings (SSSR count). The quantitative estimate of drug-likeness (QED) is 0.740. The molecular weight excluding hydrogens is 376 g/mol. The second-order valence-corrected chi connectivity index (χ2v) is 8.57. The van der Waals surface area contributed by atoms with E-state index in [2.05, 4.69) is 9.62 Å². The number of hydrogen-bond donors (Lipinski definition) is 1. The van der Waals surface area contributed by atoms with Gasteiger partial charge in [0, 0.05) is 18.8 Å². The van der Waals surface area contributed by atoms with Crippen molar-refractivity contribution in [3.63, 3.8) is 0 Å². The SMILES string of the molecule is CCOC(=O)c1ccc(N2CCCCC2)c(S(=O)(=O)Nc2ccc(C)cc2)c1. The van der Waals surface area contributed by atoms with Gasteiger partial charge in [-0.1, -0.05) is 17.7 Å². The van der Waals surface area contributed by atoms with E-state index >= 15 is 0 Å². The highest BCUT2D eigenvalue weighted by Gasteiger charge is 2.25. The maximum atomic E-state index is 13.2. The summed E-state index contributed by atoms with van der Waals surface area (Å²) in [5.74, 6) is -0.528. The van der Waals surface area contributed by atoms with Gasteiger partial charge in [-0.15, -0.1) is 0 Å². The predicted molar refractivity (Wildman–Crippen MR) is 110 cm³/mol. The first-order valence-corrected chi connectivity index (χ1v) is 11.0. The number of nitrogens with one attached hydrogen (secondary N) is 1. The minimum Gasteiger partial charge on any atom is -0.462 e. The third-order valence-corrected chi connectivity index (χ3v) is 6.17. The number of piperidine rings is 1. The molecule has 28 heavy (non-hydrogen) atoms. The number of hydrogen-bond acceptors (Lipinski definition) is 5. The van der Waals surface area contributed by atoms with Crippen LogP contribution in [0.2, 0.25) is 0 Å². The Morgan fingerprint density at radius 1 is 1.07 bits per heavy atom. The molecule has 7 heteroatoms. The molecule has 0 spiro atoms. The van der Waals surface area contributed by atoms with Gasteiger partial charge in [0.05, 0.1) is 17.9 Å². The Morgan fingerprint density at radius 3 is 2.39 bits per heavy atom. The van der Waals surface area contributed by atoms with Crippen molar-refractivity contribution in [1.29, 1.82) is 0 Å². The number of esters is 1. The summed E-state index contributed by atoms with van der Waals surface area (Å²) in [7, 11) is -3.88. The lowest BCUT2D eigenvalue weighted by Gasteiger charge is -2.30. The second-order valence-electron chi connectivity index (χ2n) is 6.92. The third kappa shape index (κ3) is 4.65. The van der Waals surface area contributed by atoms with E-state index in [0.717, 1.165) is 37.9 Å². The van der Waals surface area contributed by atoms with E-state index in [-0.39, 0.29) is 17.1 Å². The van der Waals surface area contributed by atoms with Crippen LogP contribution >= 0.6 is 0 Å². The van der Waals surface area contributed by atoms with Gasteiger partial charge in [0.2, 0.25) is 0 Å². The smallest absolute Gasteiger partial charge is 0.338 e. The molecule has 1 aliphatic heterocycles. The molecule has 0 aliphatic carbocycles. The topological polar surface area (TPSA) is 75.7 Å². The number of nitrogens with zero attached hydrogens (tertiary/aromatic N) is 1. The van der Waals surface area contributed by atoms with E-state index in [1.165, 1.54) is 6.07 Å². The molecule has 1 N–H and O–H groups in total. The fourth-order valence-corrected chi connectivity index (χ4v) is 4.61. The molecule has 1 fully saturated rings. The van der Waals surface area contributed by atoms with Gasteiger partial charge in [-0.2, -0.15) is 0 Å². The molecule has 0 radical (unpaired) electrons. The normalized spacial score (nSPS) is 14.6. The molecule has 0 bridgehead atoms. The summed E-state index contributed by atoms with van der Waals surface area (Å²) in [5, 5.41) is 0. The fourth-order valence-electron chi connectivity index (χ4n) is 3.30. The zero-order valence-electron chi connectivity index (χ0n) is 16.3. The van der Waals surface area contributed by atoms with Crippen LogP contribution in [0.25, 0.3) is 0 Å². The number of rotatable bonds is 6. The predicted octanol–water partition coefficient (Wildman–Crippen LogP) is 3.96. The number of ether oxygens (including phenoxy) is 1. The van der Waals surface area contributed by atoms with Crippen molar-refractivity contribution in [3.8, 4) is 0 Å². The summed E-state index contributed by atoms with van der Waals surface area (Å²) in [5.41, 5.74) is 2.37. The van der Waals surface area contributed by atoms with Gasteiger partial charge in [0.25, 0.3) is 10.0 Å². The number of carbonyl (C=O) groups excluding carboxylic acids is 1. The van der Waals surface area contributed by atoms with Crippen LogP contribution < -0.4 is 9.62 Å². The number of sulfonamides is 1. The van der Waals surface area contributed by atoms with E-state index in [1.807, 2.05) is 19.1 Å². The highest BCUT2D eigenvalue weighted by molar-refractivity contribution is 7.92. The Kier molecular flexibility index (Phi) is 6.24. The third-order valence-electron chi connectivity index (χ3n) is 4.76. The van der Waals surface area contributed by atoms with Gasteiger partial charge in [0.1, 0.15) is 4.90 Å². The molecule has 0 unspecified atom stereocenters. The van der Waals surface area contributed by atoms with Crippen molar-refractivity contribution >= 4 is 27.4 Å². The largest absolute Gasteiger partial charge is 0.462 e. The van der Waals surface area contributed by atoms with Crippen LogP contribution in [0.4, 0.5) is 11.4 Å². The monoisotopic (exact) mass is 402 g/mol. The van der Waals surface area contributed by atoms with Crippen molar-refractivity contribution in [3.05, 3.63) is 53.6 Å². The molecule has 1 saturated heterocycles. The standard InChI is InChI=1S/C21H26N2O4S/c1-3-27-21(24)17-9-12-19(23-13-5-4-6-14-23)20(15-17)28(25,26)22-18-10-7-16(2)8-11-18/h7-12,15,22H,3-6,13-14H2,1-2H3. The molecule has 6 nitrogen and oxygen atoms in total. The van der Waals surface area contributed by atoms with Gasteiger partial charge in [-0.25, -0.2) is 13.2 Å². The average Bonchev–Trinajstić information content (AvgIpc) is 2.70. The molecule has 2 aromatic rings. The summed E-state index contributed by atoms with van der Waals surface area (Å²) in [6, 6.07) is 11.9. The lowest BCUT2D eigenvalue weighted by molar-refractivity contribution is 0.0526. The van der Waals surface area contributed by atoms with Crippen molar-refractivity contribution < 1.29 is 17.9 Å². The van der Waals surface area contributed by atoms with E-state index < -0.39 is 16.0 Å². The fraction of sp³-hybridized carbons (Fsp3) is 0.381. The Hall–Kier alpha value is -2.54. The number of benzene rings is 2. The maximum absolute atomic E-state index is 13.2. The summed E-state index contributed by atoms with van der Waals surface area (Å²) >= 11 is 0. The van der Waals surface area contributed by atoms with Gasteiger partial charge in [-0.05, 0) is 63.4 Å². The Morgan fingerprint density at radius 2 is 1.75 bits per heavy atom. The van der Waals surface area contributed by atoms with Gasteiger partial charge in [-0.3, -0.25) is 4.72 Å². The molecular formula is C21H26N2O4S. The summed E-state index contributed by atoms with van der Waals surface area (Å²) in [6.45, 7) is 5.49. The maximum Gasteiger partial charge on any atom is 0.338 e. The van der Waals surface area contributed by atoms with Crippen LogP contribution in [0.3, 0.4) is 0 Å². The van der Waals surface area contributed by atoms with Crippen LogP contribution in [0, 0.1) is 6.92 Å². The molecule has 2 aromatic carbocycles. The zero-order valence-corrected chi connectivity index (χ0v) is 17.1. The molecule has 0 aromatic heterocycles. The van der Waals surface area contributed by atoms with E-state index in [9.17, 15) is 13.2 Å². The highest BCUT2D eigenvalue weighted by atomic mass is 32.2. The number of carbonyl (C=O) groups is 1. The van der Waals surface area contributed by atoms with Crippen molar-refractivity contribution in [2.75, 3.05) is 29.3 Å². The Labute approximate surface area is 166 Å². The summed E-state index contributed by atoms with van der Waals surface area (Å²) in [4.78, 5) is 14.3. The van der Waals surface area contributed by atoms with Gasteiger partial charge < -0.3 is 9.64 Å². The Balaban J connectivity index is 2.01. The first-order chi connectivity index (χ1) is 13.4. The highest BCUT2D eigenvalue weighted by Crippen LogP contribution is 2.30. The molecule has 0 atom stereocenters. The van der Waals surface area contributed by atoms with Crippen molar-refractivity contribution in [2.45, 2.75) is 38.0 Å². The van der Waals surface area contributed by atoms with Crippen LogP contribution in [0.1, 0.15) is 42.1 Å². The van der Waals surface area contributed by atoms with Crippen molar-refractivity contribution in [1.82, 2.24) is 0 Å². The molecule has 150 valence electrons. The summed E-state index contributed by atoms with van der Waals surface area (Å²) < 4.78 is 34.1. The Bertz CT molecular complexity index is 933. The van der Waals surface area contributed by atoms with Crippen LogP contribution in [-0.2, 0) is 14.8 Å². The van der Waals surface area contributed by atoms with Crippen molar-refractivity contribution in [2.24, 2.45) is 0 Å². The minimum atomic E-state index is -3.88. The average molecular weight is 403 g/mol. The molecule has 0 amide bonds. The van der Waals surface area contributed by atoms with Gasteiger partial charge in [0.15, 0.2) is 0 Å². The second kappa shape index (κ2) is 8.65. The van der Waals surface area contributed by atoms with E-state index in [0.29, 0.717) is 11.4 Å². The first kappa shape index (κ1) is 20.2. The van der Waals surface area contributed by atoms with Crippen LogP contribution in [0.15, 0.2) is 47.4 Å². The molecule has 0 saturated carbocycles. The molecule has 1 aliphatic rings. The van der Waals surface area contributed by atoms with Crippen LogP contribution in [-0.4, -0.2) is 34.1 Å². The van der Waals surface area contributed by atoms with Crippen LogP contribution in [0.5, 0.6) is 0 Å². The van der Waals surface area contributed by atoms with Gasteiger partial charge >= 0.3 is 5.97 Å². The minimum absolute atomic E-state index is 0.0977. The zero-order chi connectivity index (χ0) is 20.1. The number of aryl methyl sites for hydroxylation is 1. The lowest BCUT2D eigenvalue weighted by atomic mass is 10.1. The van der Waals surface area contributed by atoms with E-state index in [4.69, 9.17) is 4.74 Å². The number of anilines is 2.